The molecule has 1 saturated carbocycles. The first-order valence-electron chi connectivity index (χ1n) is 9.52. The van der Waals surface area contributed by atoms with Gasteiger partial charge >= 0.3 is 12.0 Å². The van der Waals surface area contributed by atoms with Crippen LogP contribution >= 0.6 is 11.6 Å². The highest BCUT2D eigenvalue weighted by molar-refractivity contribution is 6.31. The number of halogens is 1. The van der Waals surface area contributed by atoms with Gasteiger partial charge in [0.2, 0.25) is 0 Å². The highest BCUT2D eigenvalue weighted by Crippen LogP contribution is 2.23. The number of hydrogen-bond donors (Lipinski definition) is 2. The molecule has 0 radical (unpaired) electrons. The summed E-state index contributed by atoms with van der Waals surface area (Å²) in [5.74, 6) is -1.05. The van der Waals surface area contributed by atoms with E-state index in [0.717, 1.165) is 31.8 Å². The molecule has 2 aromatic heterocycles. The number of ether oxygens (including phenoxy) is 1. The van der Waals surface area contributed by atoms with Crippen molar-refractivity contribution in [3.63, 3.8) is 0 Å². The second-order valence-corrected chi connectivity index (χ2v) is 7.41. The van der Waals surface area contributed by atoms with Gasteiger partial charge in [0.25, 0.3) is 5.91 Å². The summed E-state index contributed by atoms with van der Waals surface area (Å²) >= 11 is 6.08. The molecule has 0 bridgehead atoms. The second-order valence-electron chi connectivity index (χ2n) is 7.05. The number of nitrogens with zero attached hydrogens (tertiary/aromatic N) is 2. The number of nitrogens with one attached hydrogen (secondary N) is 2. The number of imidazole rings is 1. The van der Waals surface area contributed by atoms with E-state index < -0.39 is 24.5 Å². The number of rotatable bonds is 5. The Morgan fingerprint density at radius 3 is 2.90 bits per heavy atom. The number of imide groups is 1. The molecule has 9 heteroatoms. The quantitative estimate of drug-likeness (QED) is 0.574. The minimum atomic E-state index is -0.733. The van der Waals surface area contributed by atoms with Crippen LogP contribution in [0.3, 0.4) is 0 Å². The molecule has 2 atom stereocenters. The van der Waals surface area contributed by atoms with E-state index in [1.54, 1.807) is 16.7 Å². The van der Waals surface area contributed by atoms with Crippen molar-refractivity contribution in [3.05, 3.63) is 41.3 Å². The third-order valence-corrected chi connectivity index (χ3v) is 5.20. The van der Waals surface area contributed by atoms with Gasteiger partial charge in [-0.1, -0.05) is 37.4 Å². The van der Waals surface area contributed by atoms with Gasteiger partial charge in [-0.2, -0.15) is 0 Å². The third kappa shape index (κ3) is 5.57. The number of hydrogen-bond acceptors (Lipinski definition) is 5. The van der Waals surface area contributed by atoms with E-state index in [1.165, 1.54) is 6.08 Å². The van der Waals surface area contributed by atoms with Crippen LogP contribution in [0.4, 0.5) is 4.79 Å². The maximum atomic E-state index is 11.9. The van der Waals surface area contributed by atoms with E-state index in [-0.39, 0.29) is 11.2 Å². The van der Waals surface area contributed by atoms with Crippen molar-refractivity contribution in [1.29, 1.82) is 0 Å². The van der Waals surface area contributed by atoms with Gasteiger partial charge in [0.1, 0.15) is 5.65 Å². The van der Waals surface area contributed by atoms with Crippen molar-refractivity contribution in [3.8, 4) is 0 Å². The molecule has 0 aromatic carbocycles. The van der Waals surface area contributed by atoms with Crippen LogP contribution in [0.1, 0.15) is 38.3 Å². The first-order valence-corrected chi connectivity index (χ1v) is 9.89. The molecule has 2 N–H and O–H groups in total. The monoisotopic (exact) mass is 418 g/mol. The molecule has 1 aliphatic carbocycles. The fourth-order valence-electron chi connectivity index (χ4n) is 3.36. The Morgan fingerprint density at radius 1 is 1.31 bits per heavy atom. The lowest BCUT2D eigenvalue weighted by Gasteiger charge is -2.29. The van der Waals surface area contributed by atoms with Gasteiger partial charge in [0, 0.05) is 18.3 Å². The molecular weight excluding hydrogens is 396 g/mol. The highest BCUT2D eigenvalue weighted by Gasteiger charge is 2.23. The Bertz CT molecular complexity index is 940. The van der Waals surface area contributed by atoms with Crippen molar-refractivity contribution >= 4 is 41.2 Å². The maximum Gasteiger partial charge on any atom is 0.331 e. The number of esters is 1. The average molecular weight is 419 g/mol. The maximum absolute atomic E-state index is 11.9. The molecule has 3 amide bonds. The fraction of sp³-hybridized carbons (Fsp3) is 0.400. The highest BCUT2D eigenvalue weighted by atomic mass is 35.5. The molecule has 3 rings (SSSR count). The van der Waals surface area contributed by atoms with E-state index >= 15 is 0 Å². The molecule has 0 saturated heterocycles. The van der Waals surface area contributed by atoms with Crippen LogP contribution in [0.2, 0.25) is 5.15 Å². The van der Waals surface area contributed by atoms with Crippen LogP contribution in [-0.2, 0) is 14.3 Å². The van der Waals surface area contributed by atoms with Crippen LogP contribution in [-0.4, -0.2) is 39.9 Å². The first kappa shape index (κ1) is 20.9. The summed E-state index contributed by atoms with van der Waals surface area (Å²) in [4.78, 5) is 39.8. The van der Waals surface area contributed by atoms with Crippen LogP contribution in [0, 0.1) is 5.92 Å². The molecule has 0 spiro atoms. The number of carbonyl (C=O) groups excluding carboxylic acids is 3. The standard InChI is InChI=1S/C20H23ClN4O4/c1-13-6-2-3-7-14(13)22-20(28)24-17(26)12-29-18(27)10-9-15-19(21)23-16-8-4-5-11-25(15)16/h4-5,8-11,13-14H,2-3,6-7,12H2,1H3,(H2,22,24,26,28)/b10-9+/t13-,14+/m0/s1. The van der Waals surface area contributed by atoms with Crippen molar-refractivity contribution in [2.45, 2.75) is 38.6 Å². The van der Waals surface area contributed by atoms with E-state index in [9.17, 15) is 14.4 Å². The topological polar surface area (TPSA) is 102 Å². The van der Waals surface area contributed by atoms with Gasteiger partial charge in [-0.05, 0) is 37.0 Å². The molecule has 0 aliphatic heterocycles. The number of aromatic nitrogens is 2. The van der Waals surface area contributed by atoms with Gasteiger partial charge in [0.15, 0.2) is 11.8 Å². The number of fused-ring (bicyclic) bond motifs is 1. The normalized spacial score (nSPS) is 19.2. The Morgan fingerprint density at radius 2 is 2.10 bits per heavy atom. The van der Waals surface area contributed by atoms with Gasteiger partial charge in [-0.15, -0.1) is 0 Å². The minimum Gasteiger partial charge on any atom is -0.452 e. The Hall–Kier alpha value is -2.87. The fourth-order valence-corrected chi connectivity index (χ4v) is 3.61. The zero-order valence-electron chi connectivity index (χ0n) is 16.1. The molecule has 29 heavy (non-hydrogen) atoms. The van der Waals surface area contributed by atoms with E-state index in [1.807, 2.05) is 12.1 Å². The summed E-state index contributed by atoms with van der Waals surface area (Å²) in [5.41, 5.74) is 1.16. The second kappa shape index (κ2) is 9.56. The Labute approximate surface area is 173 Å². The van der Waals surface area contributed by atoms with E-state index in [0.29, 0.717) is 17.3 Å². The molecule has 0 unspecified atom stereocenters. The van der Waals surface area contributed by atoms with Crippen LogP contribution < -0.4 is 10.6 Å². The molecule has 2 heterocycles. The van der Waals surface area contributed by atoms with E-state index in [2.05, 4.69) is 22.5 Å². The summed E-state index contributed by atoms with van der Waals surface area (Å²) in [7, 11) is 0. The van der Waals surface area contributed by atoms with Gasteiger partial charge < -0.3 is 10.1 Å². The van der Waals surface area contributed by atoms with Gasteiger partial charge in [-0.25, -0.2) is 14.6 Å². The number of amides is 3. The number of carbonyl (C=O) groups is 3. The van der Waals surface area contributed by atoms with Gasteiger partial charge in [-0.3, -0.25) is 14.5 Å². The smallest absolute Gasteiger partial charge is 0.331 e. The molecular formula is C20H23ClN4O4. The zero-order valence-corrected chi connectivity index (χ0v) is 16.8. The minimum absolute atomic E-state index is 0.0530. The molecule has 2 aromatic rings. The predicted octanol–water partition coefficient (Wildman–Crippen LogP) is 2.95. The summed E-state index contributed by atoms with van der Waals surface area (Å²) in [6.45, 7) is 1.52. The van der Waals surface area contributed by atoms with Crippen LogP contribution in [0.15, 0.2) is 30.5 Å². The molecule has 154 valence electrons. The number of urea groups is 1. The summed E-state index contributed by atoms with van der Waals surface area (Å²) in [5, 5.41) is 5.23. The van der Waals surface area contributed by atoms with Crippen molar-refractivity contribution in [1.82, 2.24) is 20.0 Å². The first-order chi connectivity index (χ1) is 13.9. The number of pyridine rings is 1. The van der Waals surface area contributed by atoms with Crippen molar-refractivity contribution in [2.75, 3.05) is 6.61 Å². The lowest BCUT2D eigenvalue weighted by Crippen LogP contribution is -2.48. The average Bonchev–Trinajstić information content (AvgIpc) is 3.01. The predicted molar refractivity (Wildman–Crippen MR) is 108 cm³/mol. The Balaban J connectivity index is 1.46. The summed E-state index contributed by atoms with van der Waals surface area (Å²) in [6, 6.07) is 4.90. The largest absolute Gasteiger partial charge is 0.452 e. The third-order valence-electron chi connectivity index (χ3n) is 4.93. The molecule has 1 fully saturated rings. The molecule has 8 nitrogen and oxygen atoms in total. The van der Waals surface area contributed by atoms with Crippen LogP contribution in [0.25, 0.3) is 11.7 Å². The lowest BCUT2D eigenvalue weighted by molar-refractivity contribution is -0.143. The van der Waals surface area contributed by atoms with Crippen molar-refractivity contribution in [2.24, 2.45) is 5.92 Å². The van der Waals surface area contributed by atoms with Gasteiger partial charge in [0.05, 0.1) is 5.69 Å². The van der Waals surface area contributed by atoms with E-state index in [4.69, 9.17) is 16.3 Å². The lowest BCUT2D eigenvalue weighted by atomic mass is 9.86. The Kier molecular flexibility index (Phi) is 6.87. The molecule has 1 aliphatic rings. The van der Waals surface area contributed by atoms with Crippen LogP contribution in [0.5, 0.6) is 0 Å². The summed E-state index contributed by atoms with van der Waals surface area (Å²) in [6.07, 6.45) is 8.54. The van der Waals surface area contributed by atoms with Crippen molar-refractivity contribution < 1.29 is 19.1 Å². The summed E-state index contributed by atoms with van der Waals surface area (Å²) < 4.78 is 6.59. The zero-order chi connectivity index (χ0) is 20.8. The SMILES string of the molecule is C[C@H]1CCCC[C@H]1NC(=O)NC(=O)COC(=O)/C=C/c1c(Cl)nc2ccccn12.